The van der Waals surface area contributed by atoms with Crippen molar-refractivity contribution in [3.8, 4) is 0 Å². The third kappa shape index (κ3) is 3.26. The van der Waals surface area contributed by atoms with E-state index in [4.69, 9.17) is 0 Å². The van der Waals surface area contributed by atoms with Crippen molar-refractivity contribution in [2.45, 2.75) is 58.7 Å². The lowest BCUT2D eigenvalue weighted by atomic mass is 9.85. The van der Waals surface area contributed by atoms with Gasteiger partial charge in [0.25, 0.3) is 0 Å². The Bertz CT molecular complexity index is 428. The van der Waals surface area contributed by atoms with Crippen molar-refractivity contribution in [3.63, 3.8) is 0 Å². The fourth-order valence-electron chi connectivity index (χ4n) is 2.63. The second-order valence-electron chi connectivity index (χ2n) is 6.01. The molecule has 0 amide bonds. The summed E-state index contributed by atoms with van der Waals surface area (Å²) < 4.78 is 3.20. The highest BCUT2D eigenvalue weighted by Crippen LogP contribution is 2.37. The average molecular weight is 345 g/mol. The predicted molar refractivity (Wildman–Crippen MR) is 89.1 cm³/mol. The third-order valence-corrected chi connectivity index (χ3v) is 4.93. The minimum absolute atomic E-state index is 0.0329. The molecule has 0 aromatic carbocycles. The Morgan fingerprint density at radius 2 is 2.00 bits per heavy atom. The number of aromatic nitrogens is 2. The lowest BCUT2D eigenvalue weighted by molar-refractivity contribution is 0.108. The molecule has 0 radical (unpaired) electrons. The monoisotopic (exact) mass is 344 g/mol. The van der Waals surface area contributed by atoms with Crippen molar-refractivity contribution in [1.82, 2.24) is 20.0 Å². The van der Waals surface area contributed by atoms with Gasteiger partial charge in [0.05, 0.1) is 22.4 Å². The molecule has 4 nitrogen and oxygen atoms in total. The number of halogens is 1. The van der Waals surface area contributed by atoms with Crippen LogP contribution in [0.15, 0.2) is 10.7 Å². The number of nitrogens with one attached hydrogen (secondary N) is 1. The third-order valence-electron chi connectivity index (χ3n) is 4.32. The molecule has 1 heterocycles. The SMILES string of the molecule is CCNC(c1c(Br)cnn1C(C)C)C(C)(CC)N(C)C. The Kier molecular flexibility index (Phi) is 6.23. The van der Waals surface area contributed by atoms with Gasteiger partial charge in [-0.1, -0.05) is 13.8 Å². The van der Waals surface area contributed by atoms with E-state index in [1.54, 1.807) is 0 Å². The van der Waals surface area contributed by atoms with Crippen LogP contribution in [-0.2, 0) is 0 Å². The van der Waals surface area contributed by atoms with Crippen LogP contribution < -0.4 is 5.32 Å². The first-order valence-electron chi connectivity index (χ1n) is 7.43. The number of likely N-dealkylation sites (N-methyl/N-ethyl adjacent to an activating group) is 2. The number of hydrogen-bond donors (Lipinski definition) is 1. The van der Waals surface area contributed by atoms with Gasteiger partial charge in [-0.15, -0.1) is 0 Å². The Labute approximate surface area is 132 Å². The molecule has 20 heavy (non-hydrogen) atoms. The molecule has 0 saturated heterocycles. The fraction of sp³-hybridized carbons (Fsp3) is 0.800. The predicted octanol–water partition coefficient (Wildman–Crippen LogP) is 3.61. The molecule has 1 aromatic heterocycles. The molecule has 2 atom stereocenters. The molecule has 0 saturated carbocycles. The highest BCUT2D eigenvalue weighted by Gasteiger charge is 2.38. The summed E-state index contributed by atoms with van der Waals surface area (Å²) in [6.07, 6.45) is 2.97. The molecule has 0 aliphatic heterocycles. The van der Waals surface area contributed by atoms with E-state index >= 15 is 0 Å². The molecule has 1 aromatic rings. The maximum Gasteiger partial charge on any atom is 0.0717 e. The summed E-state index contributed by atoms with van der Waals surface area (Å²) in [4.78, 5) is 2.31. The van der Waals surface area contributed by atoms with Crippen LogP contribution in [-0.4, -0.2) is 40.9 Å². The van der Waals surface area contributed by atoms with E-state index in [2.05, 4.69) is 84.6 Å². The summed E-state index contributed by atoms with van der Waals surface area (Å²) in [5.41, 5.74) is 1.27. The van der Waals surface area contributed by atoms with Crippen LogP contribution in [0.3, 0.4) is 0 Å². The summed E-state index contributed by atoms with van der Waals surface area (Å²) in [5.74, 6) is 0. The minimum atomic E-state index is 0.0329. The van der Waals surface area contributed by atoms with E-state index < -0.39 is 0 Å². The van der Waals surface area contributed by atoms with Gasteiger partial charge in [-0.05, 0) is 63.8 Å². The second-order valence-corrected chi connectivity index (χ2v) is 6.87. The maximum absolute atomic E-state index is 4.54. The van der Waals surface area contributed by atoms with Crippen molar-refractivity contribution in [2.75, 3.05) is 20.6 Å². The van der Waals surface area contributed by atoms with Gasteiger partial charge in [0.2, 0.25) is 0 Å². The van der Waals surface area contributed by atoms with Crippen molar-refractivity contribution >= 4 is 15.9 Å². The Balaban J connectivity index is 3.37. The molecule has 1 N–H and O–H groups in total. The van der Waals surface area contributed by atoms with Crippen molar-refractivity contribution in [1.29, 1.82) is 0 Å². The van der Waals surface area contributed by atoms with Gasteiger partial charge in [0, 0.05) is 11.6 Å². The lowest BCUT2D eigenvalue weighted by Crippen LogP contribution is -2.52. The van der Waals surface area contributed by atoms with E-state index in [0.717, 1.165) is 17.4 Å². The summed E-state index contributed by atoms with van der Waals surface area (Å²) in [5, 5.41) is 8.20. The first-order valence-corrected chi connectivity index (χ1v) is 8.22. The van der Waals surface area contributed by atoms with E-state index in [1.807, 2.05) is 6.20 Å². The number of hydrogen-bond acceptors (Lipinski definition) is 3. The second kappa shape index (κ2) is 7.05. The van der Waals surface area contributed by atoms with Crippen LogP contribution in [0.5, 0.6) is 0 Å². The minimum Gasteiger partial charge on any atom is -0.307 e. The lowest BCUT2D eigenvalue weighted by Gasteiger charge is -2.43. The zero-order valence-electron chi connectivity index (χ0n) is 13.9. The van der Waals surface area contributed by atoms with Gasteiger partial charge in [-0.2, -0.15) is 5.10 Å². The largest absolute Gasteiger partial charge is 0.307 e. The Morgan fingerprint density at radius 1 is 1.40 bits per heavy atom. The van der Waals surface area contributed by atoms with Gasteiger partial charge in [-0.3, -0.25) is 4.68 Å². The Morgan fingerprint density at radius 3 is 2.40 bits per heavy atom. The van der Waals surface area contributed by atoms with Crippen LogP contribution in [0.1, 0.15) is 58.8 Å². The quantitative estimate of drug-likeness (QED) is 0.820. The van der Waals surface area contributed by atoms with E-state index in [-0.39, 0.29) is 11.6 Å². The summed E-state index contributed by atoms with van der Waals surface area (Å²) in [6, 6.07) is 0.576. The van der Waals surface area contributed by atoms with Crippen molar-refractivity contribution < 1.29 is 0 Å². The average Bonchev–Trinajstić information content (AvgIpc) is 2.76. The molecule has 0 spiro atoms. The molecule has 1 rings (SSSR count). The zero-order chi connectivity index (χ0) is 15.5. The molecule has 0 bridgehead atoms. The maximum atomic E-state index is 4.54. The zero-order valence-corrected chi connectivity index (χ0v) is 15.5. The molecule has 0 fully saturated rings. The first-order chi connectivity index (χ1) is 9.29. The van der Waals surface area contributed by atoms with Gasteiger partial charge >= 0.3 is 0 Å². The summed E-state index contributed by atoms with van der Waals surface area (Å²) in [6.45, 7) is 12.0. The molecule has 2 unspecified atom stereocenters. The van der Waals surface area contributed by atoms with E-state index in [0.29, 0.717) is 6.04 Å². The normalized spacial score (nSPS) is 16.7. The van der Waals surface area contributed by atoms with Crippen LogP contribution in [0.4, 0.5) is 0 Å². The standard InChI is InChI=1S/C15H29BrN4/c1-8-15(5,19(6)7)14(17-9-2)13-12(16)10-18-20(13)11(3)4/h10-11,14,17H,8-9H2,1-7H3. The number of nitrogens with zero attached hydrogens (tertiary/aromatic N) is 3. The van der Waals surface area contributed by atoms with Gasteiger partial charge in [-0.25, -0.2) is 0 Å². The highest BCUT2D eigenvalue weighted by atomic mass is 79.9. The van der Waals surface area contributed by atoms with Crippen molar-refractivity contribution in [2.24, 2.45) is 0 Å². The van der Waals surface area contributed by atoms with Crippen molar-refractivity contribution in [3.05, 3.63) is 16.4 Å². The molecular formula is C15H29BrN4. The molecule has 5 heteroatoms. The molecule has 0 aliphatic rings. The van der Waals surface area contributed by atoms with Gasteiger partial charge in [0.1, 0.15) is 0 Å². The van der Waals surface area contributed by atoms with E-state index in [1.165, 1.54) is 5.69 Å². The summed E-state index contributed by atoms with van der Waals surface area (Å²) in [7, 11) is 4.30. The molecule has 0 aliphatic carbocycles. The summed E-state index contributed by atoms with van der Waals surface area (Å²) >= 11 is 3.68. The number of rotatable bonds is 7. The smallest absolute Gasteiger partial charge is 0.0717 e. The van der Waals surface area contributed by atoms with Gasteiger partial charge in [0.15, 0.2) is 0 Å². The molecular weight excluding hydrogens is 316 g/mol. The molecule has 116 valence electrons. The van der Waals surface area contributed by atoms with Crippen LogP contribution >= 0.6 is 15.9 Å². The van der Waals surface area contributed by atoms with Crippen LogP contribution in [0.25, 0.3) is 0 Å². The topological polar surface area (TPSA) is 33.1 Å². The van der Waals surface area contributed by atoms with Crippen LogP contribution in [0, 0.1) is 0 Å². The van der Waals surface area contributed by atoms with E-state index in [9.17, 15) is 0 Å². The fourth-order valence-corrected chi connectivity index (χ4v) is 3.13. The first kappa shape index (κ1) is 17.7. The van der Waals surface area contributed by atoms with Gasteiger partial charge < -0.3 is 10.2 Å². The van der Waals surface area contributed by atoms with Crippen LogP contribution in [0.2, 0.25) is 0 Å². The highest BCUT2D eigenvalue weighted by molar-refractivity contribution is 9.10. The Hall–Kier alpha value is -0.390.